The fraction of sp³-hybridized carbons (Fsp3) is 0.0714. The first-order valence-electron chi connectivity index (χ1n) is 5.00. The molecule has 2 aromatic rings. The van der Waals surface area contributed by atoms with Crippen LogP contribution in [0.15, 0.2) is 64.4 Å². The first kappa shape index (κ1) is 10.3. The van der Waals surface area contributed by atoms with Crippen molar-refractivity contribution in [2.75, 3.05) is 0 Å². The van der Waals surface area contributed by atoms with Crippen LogP contribution in [0.1, 0.15) is 5.56 Å². The summed E-state index contributed by atoms with van der Waals surface area (Å²) in [6.45, 7) is 3.94. The van der Waals surface area contributed by atoms with Gasteiger partial charge in [0.05, 0.1) is 0 Å². The zero-order chi connectivity index (χ0) is 10.5. The highest BCUT2D eigenvalue weighted by molar-refractivity contribution is 7.99. The van der Waals surface area contributed by atoms with Gasteiger partial charge in [-0.25, -0.2) is 0 Å². The van der Waals surface area contributed by atoms with E-state index in [-0.39, 0.29) is 0 Å². The third kappa shape index (κ3) is 2.63. The number of hydrogen-bond acceptors (Lipinski definition) is 1. The lowest BCUT2D eigenvalue weighted by molar-refractivity contribution is 1.18. The first-order valence-corrected chi connectivity index (χ1v) is 5.82. The molecule has 0 nitrogen and oxygen atoms in total. The van der Waals surface area contributed by atoms with Crippen molar-refractivity contribution in [3.05, 3.63) is 67.1 Å². The molecule has 0 bridgehead atoms. The number of hydrogen-bond donors (Lipinski definition) is 0. The van der Waals surface area contributed by atoms with Crippen LogP contribution in [0.3, 0.4) is 0 Å². The molecule has 0 amide bonds. The molecule has 0 aliphatic carbocycles. The molecule has 0 N–H and O–H groups in total. The summed E-state index contributed by atoms with van der Waals surface area (Å²) >= 11 is 1.80. The number of benzene rings is 2. The highest BCUT2D eigenvalue weighted by atomic mass is 32.2. The Balaban J connectivity index is 2.24. The van der Waals surface area contributed by atoms with Gasteiger partial charge in [-0.3, -0.25) is 0 Å². The van der Waals surface area contributed by atoms with Crippen LogP contribution >= 0.6 is 11.8 Å². The van der Waals surface area contributed by atoms with Gasteiger partial charge < -0.3 is 0 Å². The van der Waals surface area contributed by atoms with Crippen molar-refractivity contribution in [1.82, 2.24) is 0 Å². The topological polar surface area (TPSA) is 0 Å². The summed E-state index contributed by atoms with van der Waals surface area (Å²) in [4.78, 5) is 2.58. The average Bonchev–Trinajstić information content (AvgIpc) is 2.31. The van der Waals surface area contributed by atoms with Crippen LogP contribution in [-0.4, -0.2) is 0 Å². The molecule has 0 unspecified atom stereocenters. The Morgan fingerprint density at radius 2 is 1.53 bits per heavy atom. The molecule has 2 rings (SSSR count). The third-order valence-electron chi connectivity index (χ3n) is 2.21. The molecule has 0 saturated heterocycles. The van der Waals surface area contributed by atoms with Gasteiger partial charge in [0.15, 0.2) is 0 Å². The van der Waals surface area contributed by atoms with E-state index in [2.05, 4.69) is 55.5 Å². The van der Waals surface area contributed by atoms with E-state index in [1.54, 1.807) is 11.8 Å². The Labute approximate surface area is 95.3 Å². The molecular weight excluding hydrogens is 200 g/mol. The van der Waals surface area contributed by atoms with Crippen molar-refractivity contribution in [3.63, 3.8) is 0 Å². The fourth-order valence-corrected chi connectivity index (χ4v) is 2.42. The minimum Gasteiger partial charge on any atom is -0.0898 e. The van der Waals surface area contributed by atoms with E-state index in [4.69, 9.17) is 0 Å². The molecule has 0 atom stereocenters. The summed E-state index contributed by atoms with van der Waals surface area (Å²) in [5.74, 6) is 0. The van der Waals surface area contributed by atoms with Crippen molar-refractivity contribution in [2.24, 2.45) is 0 Å². The lowest BCUT2D eigenvalue weighted by Crippen LogP contribution is -1.83. The molecule has 15 heavy (non-hydrogen) atoms. The van der Waals surface area contributed by atoms with Crippen molar-refractivity contribution >= 4 is 11.8 Å². The molecule has 0 heterocycles. The predicted molar refractivity (Wildman–Crippen MR) is 66.1 cm³/mol. The highest BCUT2D eigenvalue weighted by Crippen LogP contribution is 2.30. The maximum Gasteiger partial charge on any atom is 0.0154 e. The highest BCUT2D eigenvalue weighted by Gasteiger charge is 2.00. The summed E-state index contributed by atoms with van der Waals surface area (Å²) in [6.07, 6.45) is 0.843. The van der Waals surface area contributed by atoms with Gasteiger partial charge in [-0.1, -0.05) is 48.2 Å². The van der Waals surface area contributed by atoms with Gasteiger partial charge in [0, 0.05) is 9.79 Å². The smallest absolute Gasteiger partial charge is 0.0154 e. The molecule has 0 aromatic heterocycles. The third-order valence-corrected chi connectivity index (χ3v) is 3.34. The molecule has 0 spiro atoms. The second kappa shape index (κ2) is 5.04. The summed E-state index contributed by atoms with van der Waals surface area (Å²) in [5.41, 5.74) is 1.31. The Kier molecular flexibility index (Phi) is 3.46. The van der Waals surface area contributed by atoms with E-state index < -0.39 is 0 Å². The Morgan fingerprint density at radius 1 is 0.867 bits per heavy atom. The van der Waals surface area contributed by atoms with Gasteiger partial charge in [0.25, 0.3) is 0 Å². The maximum absolute atomic E-state index is 3.94. The summed E-state index contributed by atoms with van der Waals surface area (Å²) in [7, 11) is 0. The van der Waals surface area contributed by atoms with Gasteiger partial charge in [-0.15, -0.1) is 0 Å². The minimum atomic E-state index is 0.843. The fourth-order valence-electron chi connectivity index (χ4n) is 1.43. The SMILES string of the molecule is [CH2]Cc1ccccc1Sc1ccccc1. The van der Waals surface area contributed by atoms with Gasteiger partial charge in [0.1, 0.15) is 0 Å². The summed E-state index contributed by atoms with van der Waals surface area (Å²) < 4.78 is 0. The van der Waals surface area contributed by atoms with Crippen molar-refractivity contribution in [2.45, 2.75) is 16.2 Å². The van der Waals surface area contributed by atoms with Gasteiger partial charge in [-0.05, 0) is 37.1 Å². The molecule has 75 valence electrons. The zero-order valence-electron chi connectivity index (χ0n) is 8.52. The number of rotatable bonds is 3. The first-order chi connectivity index (χ1) is 7.40. The normalized spacial score (nSPS) is 10.2. The molecule has 0 aliphatic rings. The van der Waals surface area contributed by atoms with E-state index in [1.165, 1.54) is 15.4 Å². The Morgan fingerprint density at radius 3 is 2.27 bits per heavy atom. The van der Waals surface area contributed by atoms with Crippen LogP contribution in [0.4, 0.5) is 0 Å². The zero-order valence-corrected chi connectivity index (χ0v) is 9.34. The van der Waals surface area contributed by atoms with Crippen LogP contribution < -0.4 is 0 Å². The van der Waals surface area contributed by atoms with E-state index >= 15 is 0 Å². The van der Waals surface area contributed by atoms with Crippen LogP contribution in [-0.2, 0) is 6.42 Å². The van der Waals surface area contributed by atoms with Crippen LogP contribution in [0.5, 0.6) is 0 Å². The quantitative estimate of drug-likeness (QED) is 0.735. The molecule has 0 saturated carbocycles. The lowest BCUT2D eigenvalue weighted by atomic mass is 10.2. The van der Waals surface area contributed by atoms with E-state index in [0.717, 1.165) is 6.42 Å². The van der Waals surface area contributed by atoms with Gasteiger partial charge >= 0.3 is 0 Å². The van der Waals surface area contributed by atoms with Crippen molar-refractivity contribution in [1.29, 1.82) is 0 Å². The molecular formula is C14H13S. The molecule has 1 heteroatoms. The Hall–Kier alpha value is -1.21. The van der Waals surface area contributed by atoms with E-state index in [9.17, 15) is 0 Å². The lowest BCUT2D eigenvalue weighted by Gasteiger charge is -2.06. The van der Waals surface area contributed by atoms with Crippen molar-refractivity contribution in [3.8, 4) is 0 Å². The van der Waals surface area contributed by atoms with Crippen LogP contribution in [0.2, 0.25) is 0 Å². The molecule has 2 aromatic carbocycles. The Bertz CT molecular complexity index is 420. The molecule has 0 aliphatic heterocycles. The van der Waals surface area contributed by atoms with Crippen LogP contribution in [0, 0.1) is 6.92 Å². The standard InChI is InChI=1S/C14H13S/c1-2-12-8-6-7-11-14(12)15-13-9-4-3-5-10-13/h3-11H,1-2H2. The second-order valence-electron chi connectivity index (χ2n) is 3.27. The minimum absolute atomic E-state index is 0.843. The molecule has 0 fully saturated rings. The predicted octanol–water partition coefficient (Wildman–Crippen LogP) is 4.21. The van der Waals surface area contributed by atoms with E-state index in [0.29, 0.717) is 0 Å². The molecule has 1 radical (unpaired) electrons. The van der Waals surface area contributed by atoms with E-state index in [1.807, 2.05) is 6.07 Å². The summed E-state index contributed by atoms with van der Waals surface area (Å²) in [5, 5.41) is 0. The van der Waals surface area contributed by atoms with Crippen LogP contribution in [0.25, 0.3) is 0 Å². The van der Waals surface area contributed by atoms with Gasteiger partial charge in [0.2, 0.25) is 0 Å². The van der Waals surface area contributed by atoms with Crippen molar-refractivity contribution < 1.29 is 0 Å². The maximum atomic E-state index is 3.94. The average molecular weight is 213 g/mol. The second-order valence-corrected chi connectivity index (χ2v) is 4.39. The summed E-state index contributed by atoms with van der Waals surface area (Å²) in [6, 6.07) is 18.9. The monoisotopic (exact) mass is 213 g/mol. The van der Waals surface area contributed by atoms with Gasteiger partial charge in [-0.2, -0.15) is 0 Å². The largest absolute Gasteiger partial charge is 0.0898 e.